The minimum absolute atomic E-state index is 0.0315. The number of benzene rings is 2. The first-order valence-corrected chi connectivity index (χ1v) is 9.68. The summed E-state index contributed by atoms with van der Waals surface area (Å²) in [6.07, 6.45) is 0. The van der Waals surface area contributed by atoms with Crippen LogP contribution in [0.15, 0.2) is 64.2 Å². The molecular weight excluding hydrogens is 390 g/mol. The maximum absolute atomic E-state index is 12.2. The van der Waals surface area contributed by atoms with E-state index in [2.05, 4.69) is 25.7 Å². The van der Waals surface area contributed by atoms with Crippen LogP contribution in [-0.4, -0.2) is 36.7 Å². The number of anilines is 1. The molecule has 3 N–H and O–H groups in total. The Balaban J connectivity index is 1.37. The van der Waals surface area contributed by atoms with Crippen molar-refractivity contribution in [3.05, 3.63) is 60.2 Å². The molecule has 0 fully saturated rings. The van der Waals surface area contributed by atoms with Crippen molar-refractivity contribution in [2.75, 3.05) is 16.9 Å². The molecule has 9 nitrogen and oxygen atoms in total. The normalized spacial score (nSPS) is 10.8. The van der Waals surface area contributed by atoms with Gasteiger partial charge < -0.3 is 10.3 Å². The van der Waals surface area contributed by atoms with Crippen LogP contribution < -0.4 is 11.2 Å². The smallest absolute Gasteiger partial charge is 0.322 e. The molecular formula is C19H17N7O2S. The average molecular weight is 407 g/mol. The first-order valence-electron chi connectivity index (χ1n) is 8.69. The Morgan fingerprint density at radius 1 is 1.03 bits per heavy atom. The summed E-state index contributed by atoms with van der Waals surface area (Å²) in [7, 11) is 0. The molecule has 4 rings (SSSR count). The molecule has 0 aliphatic heterocycles. The first-order chi connectivity index (χ1) is 14.1. The van der Waals surface area contributed by atoms with E-state index < -0.39 is 0 Å². The van der Waals surface area contributed by atoms with Crippen LogP contribution in [0.4, 0.5) is 6.01 Å². The zero-order valence-corrected chi connectivity index (χ0v) is 16.3. The van der Waals surface area contributed by atoms with E-state index in [1.54, 1.807) is 0 Å². The molecule has 0 aliphatic rings. The first kappa shape index (κ1) is 18.7. The number of nitrogens with zero attached hydrogens (tertiary/aromatic N) is 5. The summed E-state index contributed by atoms with van der Waals surface area (Å²) in [6.45, 7) is 2.00. The molecule has 0 bridgehead atoms. The van der Waals surface area contributed by atoms with E-state index in [1.807, 2.05) is 61.5 Å². The van der Waals surface area contributed by atoms with Gasteiger partial charge in [0.05, 0.1) is 5.75 Å². The number of nitrogen functional groups attached to an aromatic ring is 1. The minimum atomic E-state index is -0.321. The third-order valence-corrected chi connectivity index (χ3v) is 4.94. The van der Waals surface area contributed by atoms with Gasteiger partial charge in [0.2, 0.25) is 17.0 Å². The van der Waals surface area contributed by atoms with Crippen LogP contribution in [0.5, 0.6) is 0 Å². The van der Waals surface area contributed by atoms with Gasteiger partial charge in [-0.2, -0.15) is 0 Å². The van der Waals surface area contributed by atoms with E-state index in [9.17, 15) is 4.79 Å². The van der Waals surface area contributed by atoms with Gasteiger partial charge in [-0.3, -0.25) is 10.1 Å². The maximum Gasteiger partial charge on any atom is 0.322 e. The Bertz CT molecular complexity index is 1120. The maximum atomic E-state index is 12.2. The SMILES string of the molecule is Cc1ccc(-c2nnc(SCC(=O)Nc3nnc(-c4ccccc4)o3)n2N)cc1. The monoisotopic (exact) mass is 407 g/mol. The molecule has 1 amide bonds. The fraction of sp³-hybridized carbons (Fsp3) is 0.105. The van der Waals surface area contributed by atoms with Gasteiger partial charge in [-0.1, -0.05) is 64.9 Å². The molecule has 4 aromatic rings. The number of nitrogens with two attached hydrogens (primary N) is 1. The largest absolute Gasteiger partial charge is 0.403 e. The standard InChI is InChI=1S/C19H17N7O2S/c1-12-7-9-13(10-8-12)16-22-25-19(26(16)20)29-11-15(27)21-18-24-23-17(28-18)14-5-3-2-4-6-14/h2-10H,11,20H2,1H3,(H,21,24,27). The highest BCUT2D eigenvalue weighted by Gasteiger charge is 2.15. The summed E-state index contributed by atoms with van der Waals surface area (Å²) in [5.74, 6) is 6.68. The zero-order chi connectivity index (χ0) is 20.2. The lowest BCUT2D eigenvalue weighted by Gasteiger charge is -2.04. The summed E-state index contributed by atoms with van der Waals surface area (Å²) < 4.78 is 6.83. The van der Waals surface area contributed by atoms with Gasteiger partial charge in [-0.15, -0.1) is 15.3 Å². The lowest BCUT2D eigenvalue weighted by Crippen LogP contribution is -2.16. The Labute approximate surface area is 170 Å². The molecule has 0 spiro atoms. The van der Waals surface area contributed by atoms with Crippen LogP contribution in [0.1, 0.15) is 5.56 Å². The minimum Gasteiger partial charge on any atom is -0.403 e. The Morgan fingerprint density at radius 3 is 2.55 bits per heavy atom. The number of aryl methyl sites for hydroxylation is 1. The van der Waals surface area contributed by atoms with Crippen molar-refractivity contribution in [3.8, 4) is 22.8 Å². The van der Waals surface area contributed by atoms with E-state index in [0.717, 1.165) is 28.5 Å². The highest BCUT2D eigenvalue weighted by atomic mass is 32.2. The second-order valence-corrected chi connectivity index (χ2v) is 7.10. The van der Waals surface area contributed by atoms with Crippen LogP contribution in [0.2, 0.25) is 0 Å². The number of thioether (sulfide) groups is 1. The number of hydrogen-bond donors (Lipinski definition) is 2. The van der Waals surface area contributed by atoms with Crippen LogP contribution in [0, 0.1) is 6.92 Å². The summed E-state index contributed by atoms with van der Waals surface area (Å²) in [5.41, 5.74) is 2.76. The molecule has 29 heavy (non-hydrogen) atoms. The second-order valence-electron chi connectivity index (χ2n) is 6.16. The van der Waals surface area contributed by atoms with Gasteiger partial charge in [0.1, 0.15) is 0 Å². The second kappa shape index (κ2) is 8.15. The average Bonchev–Trinajstić information content (AvgIpc) is 3.35. The van der Waals surface area contributed by atoms with Gasteiger partial charge in [0.15, 0.2) is 5.82 Å². The Kier molecular flexibility index (Phi) is 5.25. The molecule has 0 radical (unpaired) electrons. The fourth-order valence-electron chi connectivity index (χ4n) is 2.53. The molecule has 0 aliphatic carbocycles. The highest BCUT2D eigenvalue weighted by Crippen LogP contribution is 2.23. The van der Waals surface area contributed by atoms with E-state index in [1.165, 1.54) is 4.68 Å². The summed E-state index contributed by atoms with van der Waals surface area (Å²) in [4.78, 5) is 12.2. The van der Waals surface area contributed by atoms with E-state index in [0.29, 0.717) is 16.9 Å². The molecule has 0 saturated carbocycles. The van der Waals surface area contributed by atoms with E-state index >= 15 is 0 Å². The zero-order valence-electron chi connectivity index (χ0n) is 15.4. The summed E-state index contributed by atoms with van der Waals surface area (Å²) in [5, 5.41) is 18.9. The van der Waals surface area contributed by atoms with Gasteiger partial charge in [-0.05, 0) is 19.1 Å². The number of carbonyl (C=O) groups excluding carboxylic acids is 1. The van der Waals surface area contributed by atoms with Crippen molar-refractivity contribution in [2.45, 2.75) is 12.1 Å². The van der Waals surface area contributed by atoms with Crippen molar-refractivity contribution in [3.63, 3.8) is 0 Å². The molecule has 2 aromatic carbocycles. The lowest BCUT2D eigenvalue weighted by molar-refractivity contribution is -0.113. The van der Waals surface area contributed by atoms with Crippen molar-refractivity contribution in [1.29, 1.82) is 0 Å². The molecule has 2 aromatic heterocycles. The highest BCUT2D eigenvalue weighted by molar-refractivity contribution is 7.99. The molecule has 0 unspecified atom stereocenters. The van der Waals surface area contributed by atoms with Crippen LogP contribution in [0.3, 0.4) is 0 Å². The van der Waals surface area contributed by atoms with E-state index in [-0.39, 0.29) is 17.7 Å². The number of nitrogens with one attached hydrogen (secondary N) is 1. The van der Waals surface area contributed by atoms with Gasteiger partial charge >= 0.3 is 6.01 Å². The third-order valence-electron chi connectivity index (χ3n) is 4.00. The Morgan fingerprint density at radius 2 is 1.79 bits per heavy atom. The Hall–Kier alpha value is -3.66. The molecule has 10 heteroatoms. The quantitative estimate of drug-likeness (QED) is 0.369. The topological polar surface area (TPSA) is 125 Å². The number of hydrogen-bond acceptors (Lipinski definition) is 8. The number of amides is 1. The number of rotatable bonds is 6. The molecule has 0 atom stereocenters. The fourth-order valence-corrected chi connectivity index (χ4v) is 3.19. The number of carbonyl (C=O) groups is 1. The van der Waals surface area contributed by atoms with E-state index in [4.69, 9.17) is 10.3 Å². The third kappa shape index (κ3) is 4.27. The molecule has 146 valence electrons. The summed E-state index contributed by atoms with van der Waals surface area (Å²) in [6, 6.07) is 17.1. The lowest BCUT2D eigenvalue weighted by atomic mass is 10.1. The summed E-state index contributed by atoms with van der Waals surface area (Å²) >= 11 is 1.16. The van der Waals surface area contributed by atoms with Gasteiger partial charge in [0.25, 0.3) is 0 Å². The van der Waals surface area contributed by atoms with Gasteiger partial charge in [-0.25, -0.2) is 4.68 Å². The van der Waals surface area contributed by atoms with Crippen molar-refractivity contribution >= 4 is 23.7 Å². The predicted molar refractivity (Wildman–Crippen MR) is 109 cm³/mol. The van der Waals surface area contributed by atoms with Crippen molar-refractivity contribution in [1.82, 2.24) is 25.1 Å². The van der Waals surface area contributed by atoms with Crippen molar-refractivity contribution < 1.29 is 9.21 Å². The van der Waals surface area contributed by atoms with Crippen LogP contribution >= 0.6 is 11.8 Å². The predicted octanol–water partition coefficient (Wildman–Crippen LogP) is 2.75. The van der Waals surface area contributed by atoms with Gasteiger partial charge in [0, 0.05) is 11.1 Å². The van der Waals surface area contributed by atoms with Crippen molar-refractivity contribution in [2.24, 2.45) is 0 Å². The number of aromatic nitrogens is 5. The molecule has 2 heterocycles. The van der Waals surface area contributed by atoms with Crippen LogP contribution in [-0.2, 0) is 4.79 Å². The van der Waals surface area contributed by atoms with Crippen LogP contribution in [0.25, 0.3) is 22.8 Å². The molecule has 0 saturated heterocycles.